The third kappa shape index (κ3) is 74.1. The summed E-state index contributed by atoms with van der Waals surface area (Å²) in [5.41, 5.74) is 0. The van der Waals surface area contributed by atoms with Crippen LogP contribution in [0.2, 0.25) is 0 Å². The molecular weight excluding hydrogens is 1110 g/mol. The second-order valence-corrected chi connectivity index (χ2v) is 30.3. The zero-order valence-electron chi connectivity index (χ0n) is 60.3. The Hall–Kier alpha value is -0.990. The highest BCUT2D eigenvalue weighted by Crippen LogP contribution is 2.43. The molecule has 0 spiro atoms. The van der Waals surface area contributed by atoms with Gasteiger partial charge in [-0.2, -0.15) is 0 Å². The van der Waals surface area contributed by atoms with E-state index in [0.717, 1.165) is 38.5 Å². The van der Waals surface area contributed by atoms with Gasteiger partial charge in [-0.25, -0.2) is 4.57 Å². The Morgan fingerprint density at radius 1 is 0.307 bits per heavy atom. The fourth-order valence-corrected chi connectivity index (χ4v) is 13.3. The Morgan fingerprint density at radius 2 is 0.511 bits per heavy atom. The molecule has 1 N–H and O–H groups in total. The average Bonchev–Trinajstić information content (AvgIpc) is 3.60. The molecule has 0 radical (unpaired) electrons. The minimum absolute atomic E-state index is 0.0378. The minimum Gasteiger partial charge on any atom is -0.462 e. The molecule has 0 saturated heterocycles. The first kappa shape index (κ1) is 87.0. The highest BCUT2D eigenvalue weighted by Gasteiger charge is 2.27. The van der Waals surface area contributed by atoms with Crippen molar-refractivity contribution in [3.05, 3.63) is 0 Å². The third-order valence-electron chi connectivity index (χ3n) is 18.6. The van der Waals surface area contributed by atoms with E-state index in [-0.39, 0.29) is 25.6 Å². The lowest BCUT2D eigenvalue weighted by Gasteiger charge is -2.24. The molecule has 0 amide bonds. The predicted octanol–water partition coefficient (Wildman–Crippen LogP) is 26.1. The van der Waals surface area contributed by atoms with Gasteiger partial charge in [0.2, 0.25) is 0 Å². The number of hydrogen-bond donors (Lipinski definition) is 1. The molecule has 0 rings (SSSR count). The summed E-state index contributed by atoms with van der Waals surface area (Å²) in [6.07, 6.45) is 86.9. The van der Waals surface area contributed by atoms with Gasteiger partial charge >= 0.3 is 19.8 Å². The van der Waals surface area contributed by atoms with Crippen molar-refractivity contribution in [1.82, 2.24) is 0 Å². The average molecular weight is 1270 g/mol. The summed E-state index contributed by atoms with van der Waals surface area (Å²) >= 11 is 0. The smallest absolute Gasteiger partial charge is 0.462 e. The quantitative estimate of drug-likeness (QED) is 0.0278. The van der Waals surface area contributed by atoms with E-state index in [9.17, 15) is 19.0 Å². The van der Waals surface area contributed by atoms with Crippen molar-refractivity contribution in [2.24, 2.45) is 0 Å². The number of likely N-dealkylation sites (N-methyl/N-ethyl adjacent to an activating group) is 1. The Kier molecular flexibility index (Phi) is 69.5. The van der Waals surface area contributed by atoms with Crippen LogP contribution in [-0.2, 0) is 32.7 Å². The zero-order valence-corrected chi connectivity index (χ0v) is 61.2. The Balaban J connectivity index is 3.88. The Labute approximate surface area is 550 Å². The van der Waals surface area contributed by atoms with Crippen molar-refractivity contribution in [2.75, 3.05) is 47.5 Å². The second kappa shape index (κ2) is 70.3. The number of phosphoric ester groups is 1. The van der Waals surface area contributed by atoms with Crippen LogP contribution in [0.5, 0.6) is 0 Å². The highest BCUT2D eigenvalue weighted by molar-refractivity contribution is 7.47. The number of carbonyl (C=O) groups excluding carboxylic acids is 2. The summed E-state index contributed by atoms with van der Waals surface area (Å²) in [5, 5.41) is 0. The number of unbranched alkanes of at least 4 members (excludes halogenated alkanes) is 62. The van der Waals surface area contributed by atoms with E-state index >= 15 is 0 Å². The maximum Gasteiger partial charge on any atom is 0.472 e. The summed E-state index contributed by atoms with van der Waals surface area (Å²) in [5.74, 6) is -0.765. The largest absolute Gasteiger partial charge is 0.472 e. The molecule has 0 aliphatic rings. The van der Waals surface area contributed by atoms with Gasteiger partial charge in [0.15, 0.2) is 6.10 Å². The summed E-state index contributed by atoms with van der Waals surface area (Å²) in [6.45, 7) is 4.54. The molecule has 2 atom stereocenters. The Bertz CT molecular complexity index is 1440. The van der Waals surface area contributed by atoms with Crippen LogP contribution in [0.3, 0.4) is 0 Å². The summed E-state index contributed by atoms with van der Waals surface area (Å²) in [6, 6.07) is 0. The van der Waals surface area contributed by atoms with Gasteiger partial charge in [-0.3, -0.25) is 18.6 Å². The van der Waals surface area contributed by atoms with Gasteiger partial charge in [-0.15, -0.1) is 0 Å². The van der Waals surface area contributed by atoms with Gasteiger partial charge in [0, 0.05) is 12.8 Å². The molecule has 9 nitrogen and oxygen atoms in total. The van der Waals surface area contributed by atoms with Crippen LogP contribution in [0.1, 0.15) is 438 Å². The second-order valence-electron chi connectivity index (χ2n) is 28.8. The van der Waals surface area contributed by atoms with E-state index in [0.29, 0.717) is 17.4 Å². The molecule has 0 aromatic heterocycles. The number of phosphoric acid groups is 1. The first-order valence-electron chi connectivity index (χ1n) is 39.8. The Morgan fingerprint density at radius 3 is 0.727 bits per heavy atom. The summed E-state index contributed by atoms with van der Waals surface area (Å²) in [4.78, 5) is 36.0. The van der Waals surface area contributed by atoms with Crippen molar-refractivity contribution in [3.8, 4) is 0 Å². The molecule has 0 aliphatic carbocycles. The van der Waals surface area contributed by atoms with E-state index in [2.05, 4.69) is 13.8 Å². The molecule has 0 saturated carbocycles. The summed E-state index contributed by atoms with van der Waals surface area (Å²) in [7, 11) is 1.51. The molecule has 0 fully saturated rings. The molecule has 0 bridgehead atoms. The van der Waals surface area contributed by atoms with E-state index in [1.54, 1.807) is 0 Å². The number of quaternary nitrogens is 1. The van der Waals surface area contributed by atoms with Crippen molar-refractivity contribution in [1.29, 1.82) is 0 Å². The van der Waals surface area contributed by atoms with Gasteiger partial charge in [0.25, 0.3) is 0 Å². The minimum atomic E-state index is -4.39. The van der Waals surface area contributed by atoms with E-state index in [1.165, 1.54) is 372 Å². The molecule has 0 aliphatic heterocycles. The van der Waals surface area contributed by atoms with Crippen molar-refractivity contribution in [3.63, 3.8) is 0 Å². The van der Waals surface area contributed by atoms with Crippen LogP contribution in [0, 0.1) is 0 Å². The van der Waals surface area contributed by atoms with Gasteiger partial charge in [0.05, 0.1) is 27.7 Å². The normalized spacial score (nSPS) is 12.9. The van der Waals surface area contributed by atoms with Gasteiger partial charge < -0.3 is 18.9 Å². The van der Waals surface area contributed by atoms with Crippen molar-refractivity contribution >= 4 is 19.8 Å². The number of rotatable bonds is 76. The number of hydrogen-bond acceptors (Lipinski definition) is 7. The number of carbonyl (C=O) groups is 2. The van der Waals surface area contributed by atoms with Crippen LogP contribution in [0.25, 0.3) is 0 Å². The molecule has 526 valence electrons. The number of esters is 2. The van der Waals surface area contributed by atoms with E-state index in [4.69, 9.17) is 18.5 Å². The van der Waals surface area contributed by atoms with Gasteiger partial charge in [-0.05, 0) is 12.8 Å². The fourth-order valence-electron chi connectivity index (χ4n) is 12.6. The van der Waals surface area contributed by atoms with Crippen LogP contribution in [-0.4, -0.2) is 74.9 Å². The zero-order chi connectivity index (χ0) is 64.1. The molecule has 0 heterocycles. The maximum absolute atomic E-state index is 12.9. The molecule has 88 heavy (non-hydrogen) atoms. The van der Waals surface area contributed by atoms with Crippen LogP contribution >= 0.6 is 7.82 Å². The van der Waals surface area contributed by atoms with Gasteiger partial charge in [-0.1, -0.05) is 412 Å². The van der Waals surface area contributed by atoms with E-state index in [1.807, 2.05) is 21.1 Å². The van der Waals surface area contributed by atoms with Gasteiger partial charge in [0.1, 0.15) is 19.8 Å². The SMILES string of the molecule is CCCCCCCCCCCCCCCCCCCCCCCCCCCCCCCCCCCCCCC(=O)OC(COC(=O)CCCCCCCCCCCCCCCCCCCCCCCCCCCCCC)COP(=O)(O)OCC[N+](C)(C)C. The highest BCUT2D eigenvalue weighted by atomic mass is 31.2. The van der Waals surface area contributed by atoms with Crippen molar-refractivity contribution < 1.29 is 42.1 Å². The third-order valence-corrected chi connectivity index (χ3v) is 19.6. The molecule has 0 aromatic rings. The first-order chi connectivity index (χ1) is 43.0. The fraction of sp³-hybridized carbons (Fsp3) is 0.974. The lowest BCUT2D eigenvalue weighted by Crippen LogP contribution is -2.37. The predicted molar refractivity (Wildman–Crippen MR) is 382 cm³/mol. The monoisotopic (exact) mass is 1270 g/mol. The van der Waals surface area contributed by atoms with Crippen LogP contribution in [0.15, 0.2) is 0 Å². The standard InChI is InChI=1S/C78H156NO8P/c1-6-8-10-12-14-16-18-20-22-24-26-28-30-32-34-36-37-38-39-40-41-42-43-45-47-49-51-53-55-57-59-61-63-65-67-69-71-78(81)87-76(75-86-88(82,83)85-73-72-79(3,4)5)74-84-77(80)70-68-66-64-62-60-58-56-54-52-50-48-46-44-35-33-31-29-27-25-23-21-19-17-15-13-11-9-7-2/h76H,6-75H2,1-5H3/p+1. The maximum atomic E-state index is 12.9. The molecular formula is C78H157NO8P+. The first-order valence-corrected chi connectivity index (χ1v) is 41.3. The molecule has 2 unspecified atom stereocenters. The summed E-state index contributed by atoms with van der Waals surface area (Å²) < 4.78 is 34.8. The number of ether oxygens (including phenoxy) is 2. The van der Waals surface area contributed by atoms with Crippen molar-refractivity contribution in [2.45, 2.75) is 444 Å². The van der Waals surface area contributed by atoms with E-state index < -0.39 is 26.5 Å². The lowest BCUT2D eigenvalue weighted by molar-refractivity contribution is -0.870. The molecule has 10 heteroatoms. The molecule has 0 aromatic carbocycles. The number of nitrogens with zero attached hydrogens (tertiary/aromatic N) is 1. The topological polar surface area (TPSA) is 108 Å². The van der Waals surface area contributed by atoms with Crippen LogP contribution in [0.4, 0.5) is 0 Å². The van der Waals surface area contributed by atoms with Crippen LogP contribution < -0.4 is 0 Å². The lowest BCUT2D eigenvalue weighted by atomic mass is 10.0.